The molecule has 0 saturated carbocycles. The fourth-order valence-electron chi connectivity index (χ4n) is 8.68. The lowest BCUT2D eigenvalue weighted by atomic mass is 9.93. The Hall–Kier alpha value is -6.42. The second kappa shape index (κ2) is 11.5. The second-order valence-corrected chi connectivity index (χ2v) is 15.0. The van der Waals surface area contributed by atoms with E-state index in [9.17, 15) is 0 Å². The summed E-state index contributed by atoms with van der Waals surface area (Å²) < 4.78 is 11.5. The van der Waals surface area contributed by atoms with Crippen molar-refractivity contribution in [3.8, 4) is 39.1 Å². The van der Waals surface area contributed by atoms with E-state index in [0.717, 1.165) is 27.6 Å². The van der Waals surface area contributed by atoms with Gasteiger partial charge in [-0.3, -0.25) is 0 Å². The number of allylic oxidation sites excluding steroid dienone is 2. The van der Waals surface area contributed by atoms with E-state index in [1.165, 1.54) is 86.1 Å². The van der Waals surface area contributed by atoms with E-state index in [1.807, 2.05) is 37.3 Å². The van der Waals surface area contributed by atoms with E-state index in [2.05, 4.69) is 156 Å². The third-order valence-corrected chi connectivity index (χ3v) is 12.2. The number of benzene rings is 8. The second-order valence-electron chi connectivity index (χ2n) is 13.9. The van der Waals surface area contributed by atoms with Crippen molar-refractivity contribution in [2.45, 2.75) is 13.8 Å². The van der Waals surface area contributed by atoms with Gasteiger partial charge in [0, 0.05) is 47.4 Å². The average Bonchev–Trinajstić information content (AvgIpc) is 3.96. The highest BCUT2D eigenvalue weighted by molar-refractivity contribution is 7.26. The Morgan fingerprint density at radius 2 is 1.09 bits per heavy atom. The molecule has 0 N–H and O–H groups in total. The standard InChI is InChI=1S/C46H25NOS.C4H8/c1-2-9-30-29(8-1)32-13-7-12-31-28(18-19-33(30)44(31)32)26-16-21-40-36(24-26)37-25-27(17-22-41(37)48-40)47-38-14-5-3-10-34(38)45-39(47)20-23-43-46(45)35-11-4-6-15-42(35)49-43;1-3-4-2/h1-25H;3-4H,1-2H3/b;4-3-. The Kier molecular flexibility index (Phi) is 6.58. The van der Waals surface area contributed by atoms with Gasteiger partial charge in [0.25, 0.3) is 0 Å². The van der Waals surface area contributed by atoms with Crippen LogP contribution in [0.2, 0.25) is 0 Å². The highest BCUT2D eigenvalue weighted by Crippen LogP contribution is 2.50. The zero-order valence-corrected chi connectivity index (χ0v) is 30.2. The van der Waals surface area contributed by atoms with Crippen molar-refractivity contribution in [3.63, 3.8) is 0 Å². The third kappa shape index (κ3) is 4.32. The number of rotatable bonds is 2. The van der Waals surface area contributed by atoms with Gasteiger partial charge in [0.2, 0.25) is 0 Å². The van der Waals surface area contributed by atoms with Crippen LogP contribution in [0.5, 0.6) is 0 Å². The van der Waals surface area contributed by atoms with E-state index in [0.29, 0.717) is 0 Å². The van der Waals surface area contributed by atoms with Gasteiger partial charge in [-0.15, -0.1) is 11.3 Å². The van der Waals surface area contributed by atoms with Crippen molar-refractivity contribution in [1.82, 2.24) is 4.57 Å². The number of furan rings is 1. The van der Waals surface area contributed by atoms with Gasteiger partial charge in [-0.25, -0.2) is 0 Å². The van der Waals surface area contributed by atoms with E-state index < -0.39 is 0 Å². The van der Waals surface area contributed by atoms with E-state index >= 15 is 0 Å². The average molecular weight is 696 g/mol. The monoisotopic (exact) mass is 695 g/mol. The van der Waals surface area contributed by atoms with E-state index in [4.69, 9.17) is 4.42 Å². The smallest absolute Gasteiger partial charge is 0.135 e. The van der Waals surface area contributed by atoms with E-state index in [1.54, 1.807) is 0 Å². The molecular weight excluding hydrogens is 663 g/mol. The molecule has 0 unspecified atom stereocenters. The van der Waals surface area contributed by atoms with Crippen molar-refractivity contribution >= 4 is 86.0 Å². The molecule has 250 valence electrons. The summed E-state index contributed by atoms with van der Waals surface area (Å²) in [7, 11) is 0. The fourth-order valence-corrected chi connectivity index (χ4v) is 9.80. The first-order valence-corrected chi connectivity index (χ1v) is 19.1. The molecule has 3 heteroatoms. The summed E-state index contributed by atoms with van der Waals surface area (Å²) in [6.07, 6.45) is 4.00. The van der Waals surface area contributed by atoms with Gasteiger partial charge in [-0.05, 0) is 113 Å². The SMILES string of the molecule is C/C=C\C.c1ccc2c(c1)-c1cccc3c(-c4ccc5oc6ccc(-n7c8ccccc8c8c9c(ccc87)sc7ccccc79)cc6c5c4)ccc-2c13. The molecule has 53 heavy (non-hydrogen) atoms. The van der Waals surface area contributed by atoms with Gasteiger partial charge in [-0.2, -0.15) is 0 Å². The normalized spacial score (nSPS) is 12.3. The Morgan fingerprint density at radius 3 is 1.92 bits per heavy atom. The van der Waals surface area contributed by atoms with Crippen LogP contribution in [-0.4, -0.2) is 4.57 Å². The van der Waals surface area contributed by atoms with Crippen LogP contribution in [0.3, 0.4) is 0 Å². The predicted octanol–water partition coefficient (Wildman–Crippen LogP) is 15.1. The zero-order chi connectivity index (χ0) is 35.2. The van der Waals surface area contributed by atoms with Gasteiger partial charge >= 0.3 is 0 Å². The molecule has 0 saturated heterocycles. The molecule has 0 fully saturated rings. The van der Waals surface area contributed by atoms with Crippen molar-refractivity contribution in [3.05, 3.63) is 164 Å². The quantitative estimate of drug-likeness (QED) is 0.165. The van der Waals surface area contributed by atoms with Crippen LogP contribution in [0, 0.1) is 0 Å². The van der Waals surface area contributed by atoms with Crippen molar-refractivity contribution in [1.29, 1.82) is 0 Å². The molecule has 2 nitrogen and oxygen atoms in total. The minimum absolute atomic E-state index is 0.902. The molecule has 3 heterocycles. The lowest BCUT2D eigenvalue weighted by Crippen LogP contribution is -1.93. The van der Waals surface area contributed by atoms with Gasteiger partial charge in [0.15, 0.2) is 0 Å². The number of thiophene rings is 1. The maximum atomic E-state index is 6.46. The van der Waals surface area contributed by atoms with Gasteiger partial charge < -0.3 is 8.98 Å². The molecule has 1 aliphatic carbocycles. The molecule has 0 radical (unpaired) electrons. The molecule has 0 bridgehead atoms. The molecule has 0 amide bonds. The molecule has 1 aliphatic rings. The first-order valence-electron chi connectivity index (χ1n) is 18.2. The fraction of sp³-hybridized carbons (Fsp3) is 0.0400. The number of aromatic nitrogens is 1. The summed E-state index contributed by atoms with van der Waals surface area (Å²) in [5.41, 5.74) is 13.1. The summed E-state index contributed by atoms with van der Waals surface area (Å²) in [5, 5.41) is 10.2. The Labute approximate surface area is 310 Å². The lowest BCUT2D eigenvalue weighted by molar-refractivity contribution is 0.669. The number of hydrogen-bond donors (Lipinski definition) is 0. The Balaban J connectivity index is 0.000000791. The maximum Gasteiger partial charge on any atom is 0.135 e. The summed E-state index contributed by atoms with van der Waals surface area (Å²) in [6.45, 7) is 4.00. The minimum Gasteiger partial charge on any atom is -0.456 e. The number of fused-ring (bicyclic) bond motifs is 13. The zero-order valence-electron chi connectivity index (χ0n) is 29.4. The van der Waals surface area contributed by atoms with Gasteiger partial charge in [-0.1, -0.05) is 109 Å². The third-order valence-electron chi connectivity index (χ3n) is 11.1. The van der Waals surface area contributed by atoms with Crippen molar-refractivity contribution in [2.24, 2.45) is 0 Å². The first-order chi connectivity index (χ1) is 26.2. The summed E-state index contributed by atoms with van der Waals surface area (Å²) >= 11 is 1.87. The molecule has 12 rings (SSSR count). The van der Waals surface area contributed by atoms with Crippen LogP contribution < -0.4 is 0 Å². The van der Waals surface area contributed by atoms with Crippen molar-refractivity contribution < 1.29 is 4.42 Å². The van der Waals surface area contributed by atoms with Crippen LogP contribution in [0.1, 0.15) is 13.8 Å². The predicted molar refractivity (Wildman–Crippen MR) is 229 cm³/mol. The van der Waals surface area contributed by atoms with Crippen LogP contribution in [0.4, 0.5) is 0 Å². The Morgan fingerprint density at radius 1 is 0.434 bits per heavy atom. The van der Waals surface area contributed by atoms with E-state index in [-0.39, 0.29) is 0 Å². The topological polar surface area (TPSA) is 18.1 Å². The van der Waals surface area contributed by atoms with Crippen LogP contribution in [0.25, 0.3) is 114 Å². The summed E-state index contributed by atoms with van der Waals surface area (Å²) in [4.78, 5) is 0. The number of nitrogens with zero attached hydrogens (tertiary/aromatic N) is 1. The Bertz CT molecular complexity index is 3280. The number of para-hydroxylation sites is 1. The summed E-state index contributed by atoms with van der Waals surface area (Å²) in [6, 6.07) is 55.7. The minimum atomic E-state index is 0.902. The molecule has 0 spiro atoms. The molecule has 0 atom stereocenters. The first kappa shape index (κ1) is 30.2. The molecule has 11 aromatic rings. The van der Waals surface area contributed by atoms with Crippen LogP contribution in [0.15, 0.2) is 168 Å². The van der Waals surface area contributed by atoms with Crippen molar-refractivity contribution in [2.75, 3.05) is 0 Å². The van der Waals surface area contributed by atoms with Crippen LogP contribution in [-0.2, 0) is 0 Å². The molecule has 3 aromatic heterocycles. The maximum absolute atomic E-state index is 6.46. The highest BCUT2D eigenvalue weighted by atomic mass is 32.1. The summed E-state index contributed by atoms with van der Waals surface area (Å²) in [5.74, 6) is 0. The van der Waals surface area contributed by atoms with Gasteiger partial charge in [0.1, 0.15) is 11.2 Å². The molecule has 8 aromatic carbocycles. The van der Waals surface area contributed by atoms with Crippen LogP contribution >= 0.6 is 11.3 Å². The molecular formula is C50H33NOS. The lowest BCUT2D eigenvalue weighted by Gasteiger charge is -2.10. The highest BCUT2D eigenvalue weighted by Gasteiger charge is 2.23. The largest absolute Gasteiger partial charge is 0.456 e. The van der Waals surface area contributed by atoms with Gasteiger partial charge in [0.05, 0.1) is 11.0 Å². The number of hydrogen-bond acceptors (Lipinski definition) is 2. The molecule has 0 aliphatic heterocycles.